The number of piperidine rings is 1. The zero-order valence-electron chi connectivity index (χ0n) is 17.8. The van der Waals surface area contributed by atoms with Gasteiger partial charge in [-0.3, -0.25) is 4.79 Å². The summed E-state index contributed by atoms with van der Waals surface area (Å²) >= 11 is 0. The average molecular weight is 419 g/mol. The van der Waals surface area contributed by atoms with Crippen molar-refractivity contribution in [3.05, 3.63) is 17.3 Å². The molecule has 164 valence electrons. The molecule has 1 fully saturated rings. The van der Waals surface area contributed by atoms with Gasteiger partial charge < -0.3 is 30.5 Å². The third-order valence-electron chi connectivity index (χ3n) is 4.54. The molecule has 2 unspecified atom stereocenters. The average Bonchev–Trinajstić information content (AvgIpc) is 2.65. The van der Waals surface area contributed by atoms with Crippen molar-refractivity contribution < 1.29 is 24.2 Å². The molecule has 2 amide bonds. The Bertz CT molecular complexity index is 830. The van der Waals surface area contributed by atoms with Crippen molar-refractivity contribution in [1.82, 2.24) is 15.2 Å². The highest BCUT2D eigenvalue weighted by Gasteiger charge is 2.32. The number of anilines is 1. The van der Waals surface area contributed by atoms with Gasteiger partial charge in [0.05, 0.1) is 24.9 Å². The molecular formula is C20H29N5O5. The van der Waals surface area contributed by atoms with Gasteiger partial charge in [0.1, 0.15) is 22.9 Å². The zero-order chi connectivity index (χ0) is 22.5. The van der Waals surface area contributed by atoms with Crippen molar-refractivity contribution in [3.63, 3.8) is 0 Å². The minimum atomic E-state index is -0.801. The van der Waals surface area contributed by atoms with Crippen molar-refractivity contribution in [3.8, 4) is 11.9 Å². The molecule has 1 aromatic rings. The first-order valence-electron chi connectivity index (χ1n) is 9.83. The molecule has 0 spiro atoms. The van der Waals surface area contributed by atoms with E-state index in [1.807, 2.05) is 6.07 Å². The van der Waals surface area contributed by atoms with E-state index >= 15 is 0 Å². The lowest BCUT2D eigenvalue weighted by Gasteiger charge is -2.36. The van der Waals surface area contributed by atoms with Crippen molar-refractivity contribution in [2.75, 3.05) is 32.0 Å². The minimum absolute atomic E-state index is 0.0100. The fourth-order valence-corrected chi connectivity index (χ4v) is 3.04. The lowest BCUT2D eigenvalue weighted by Crippen LogP contribution is -2.50. The van der Waals surface area contributed by atoms with Gasteiger partial charge in [0.25, 0.3) is 5.91 Å². The van der Waals surface area contributed by atoms with Crippen LogP contribution in [0.5, 0.6) is 5.88 Å². The van der Waals surface area contributed by atoms with Crippen LogP contribution in [0.3, 0.4) is 0 Å². The number of amides is 2. The van der Waals surface area contributed by atoms with Gasteiger partial charge in [-0.2, -0.15) is 5.26 Å². The van der Waals surface area contributed by atoms with Crippen molar-refractivity contribution in [1.29, 1.82) is 5.26 Å². The Morgan fingerprint density at radius 2 is 2.17 bits per heavy atom. The number of rotatable bonds is 5. The number of hydrogen-bond donors (Lipinski definition) is 3. The number of aliphatic hydroxyl groups excluding tert-OH is 1. The number of likely N-dealkylation sites (tertiary alicyclic amines) is 1. The van der Waals surface area contributed by atoms with Crippen LogP contribution >= 0.6 is 0 Å². The van der Waals surface area contributed by atoms with E-state index in [9.17, 15) is 14.7 Å². The van der Waals surface area contributed by atoms with Gasteiger partial charge in [0.2, 0.25) is 5.88 Å². The number of aromatic nitrogens is 1. The number of carbonyl (C=O) groups excluding carboxylic acids is 2. The third-order valence-corrected chi connectivity index (χ3v) is 4.54. The topological polar surface area (TPSA) is 151 Å². The number of carbonyl (C=O) groups is 2. The Morgan fingerprint density at radius 1 is 1.47 bits per heavy atom. The molecule has 30 heavy (non-hydrogen) atoms. The van der Waals surface area contributed by atoms with Crippen LogP contribution in [0.2, 0.25) is 0 Å². The van der Waals surface area contributed by atoms with E-state index in [1.54, 1.807) is 27.7 Å². The summed E-state index contributed by atoms with van der Waals surface area (Å²) in [5, 5.41) is 22.3. The molecule has 0 aliphatic carbocycles. The summed E-state index contributed by atoms with van der Waals surface area (Å²) in [6.45, 7) is 8.10. The summed E-state index contributed by atoms with van der Waals surface area (Å²) in [4.78, 5) is 30.2. The highest BCUT2D eigenvalue weighted by atomic mass is 16.6. The van der Waals surface area contributed by atoms with Crippen LogP contribution in [0.4, 0.5) is 10.5 Å². The molecule has 1 aromatic heterocycles. The Hall–Kier alpha value is -3.06. The summed E-state index contributed by atoms with van der Waals surface area (Å²) in [7, 11) is 0. The fourth-order valence-electron chi connectivity index (χ4n) is 3.04. The van der Waals surface area contributed by atoms with Gasteiger partial charge >= 0.3 is 6.09 Å². The maximum Gasteiger partial charge on any atom is 0.410 e. The summed E-state index contributed by atoms with van der Waals surface area (Å²) < 4.78 is 10.6. The lowest BCUT2D eigenvalue weighted by atomic mass is 9.94. The molecule has 1 aliphatic heterocycles. The first kappa shape index (κ1) is 23.2. The van der Waals surface area contributed by atoms with Crippen LogP contribution in [-0.4, -0.2) is 64.9 Å². The first-order chi connectivity index (χ1) is 14.1. The Labute approximate surface area is 176 Å². The Balaban J connectivity index is 1.96. The summed E-state index contributed by atoms with van der Waals surface area (Å²) in [6.07, 6.45) is -0.761. The molecule has 1 saturated heterocycles. The smallest absolute Gasteiger partial charge is 0.410 e. The maximum absolute atomic E-state index is 12.5. The molecule has 0 radical (unpaired) electrons. The van der Waals surface area contributed by atoms with Gasteiger partial charge in [-0.15, -0.1) is 0 Å². The van der Waals surface area contributed by atoms with E-state index in [-0.39, 0.29) is 48.4 Å². The molecule has 2 heterocycles. The molecule has 0 bridgehead atoms. The summed E-state index contributed by atoms with van der Waals surface area (Å²) in [6, 6.07) is 3.23. The second kappa shape index (κ2) is 9.63. The monoisotopic (exact) mass is 419 g/mol. The van der Waals surface area contributed by atoms with Gasteiger partial charge in [-0.05, 0) is 40.2 Å². The van der Waals surface area contributed by atoms with E-state index < -0.39 is 23.7 Å². The van der Waals surface area contributed by atoms with Crippen LogP contribution in [0.1, 0.15) is 50.2 Å². The number of nitrogens with zero attached hydrogens (tertiary/aromatic N) is 3. The summed E-state index contributed by atoms with van der Waals surface area (Å²) in [5.74, 6) is -0.709. The van der Waals surface area contributed by atoms with Crippen LogP contribution in [0, 0.1) is 17.2 Å². The lowest BCUT2D eigenvalue weighted by molar-refractivity contribution is -0.0122. The van der Waals surface area contributed by atoms with Crippen LogP contribution in [-0.2, 0) is 4.74 Å². The number of β-amino-alcohol motifs (C(OH)–C–C–N with tert-alkyl or cyclic N) is 1. The molecule has 0 aromatic carbocycles. The summed E-state index contributed by atoms with van der Waals surface area (Å²) in [5.41, 5.74) is 5.44. The van der Waals surface area contributed by atoms with E-state index in [4.69, 9.17) is 20.5 Å². The molecule has 2 atom stereocenters. The normalized spacial score (nSPS) is 19.0. The van der Waals surface area contributed by atoms with Gasteiger partial charge in [0.15, 0.2) is 0 Å². The number of nitriles is 1. The van der Waals surface area contributed by atoms with Crippen molar-refractivity contribution >= 4 is 17.7 Å². The highest BCUT2D eigenvalue weighted by Crippen LogP contribution is 2.23. The van der Waals surface area contributed by atoms with E-state index in [0.29, 0.717) is 13.0 Å². The predicted octanol–water partition coefficient (Wildman–Crippen LogP) is 1.28. The molecule has 4 N–H and O–H groups in total. The van der Waals surface area contributed by atoms with Crippen LogP contribution in [0.25, 0.3) is 0 Å². The zero-order valence-corrected chi connectivity index (χ0v) is 17.8. The SMILES string of the molecule is CCOc1nc(C(=O)NCC2CCN(C(=O)OC(C)(C)C)CC2O)cc(N)c1C#N. The fraction of sp³-hybridized carbons (Fsp3) is 0.600. The minimum Gasteiger partial charge on any atom is -0.477 e. The number of nitrogen functional groups attached to an aromatic ring is 1. The van der Waals surface area contributed by atoms with Gasteiger partial charge in [-0.25, -0.2) is 9.78 Å². The largest absolute Gasteiger partial charge is 0.477 e. The number of pyridine rings is 1. The Kier molecular flexibility index (Phi) is 7.45. The standard InChI is InChI=1S/C20H29N5O5/c1-5-29-18-13(9-21)14(22)8-15(24-18)17(27)23-10-12-6-7-25(11-16(12)26)19(28)30-20(2,3)4/h8,12,16,26H,5-7,10-11H2,1-4H3,(H2,22,24)(H,23,27). The number of aliphatic hydroxyl groups is 1. The van der Waals surface area contributed by atoms with Crippen molar-refractivity contribution in [2.45, 2.75) is 45.8 Å². The molecular weight excluding hydrogens is 390 g/mol. The quantitative estimate of drug-likeness (QED) is 0.646. The van der Waals surface area contributed by atoms with Crippen LogP contribution in [0.15, 0.2) is 6.07 Å². The van der Waals surface area contributed by atoms with Gasteiger partial charge in [-0.1, -0.05) is 0 Å². The molecule has 10 heteroatoms. The van der Waals surface area contributed by atoms with Gasteiger partial charge in [0, 0.05) is 19.0 Å². The first-order valence-corrected chi connectivity index (χ1v) is 9.83. The van der Waals surface area contributed by atoms with E-state index in [1.165, 1.54) is 11.0 Å². The number of nitrogens with two attached hydrogens (primary N) is 1. The highest BCUT2D eigenvalue weighted by molar-refractivity contribution is 5.93. The predicted molar refractivity (Wildman–Crippen MR) is 109 cm³/mol. The van der Waals surface area contributed by atoms with E-state index in [0.717, 1.165) is 0 Å². The molecule has 10 nitrogen and oxygen atoms in total. The Morgan fingerprint density at radius 3 is 2.73 bits per heavy atom. The number of nitrogens with one attached hydrogen (secondary N) is 1. The molecule has 2 rings (SSSR count). The van der Waals surface area contributed by atoms with Crippen LogP contribution < -0.4 is 15.8 Å². The molecule has 0 saturated carbocycles. The third kappa shape index (κ3) is 5.97. The number of ether oxygens (including phenoxy) is 2. The second-order valence-corrected chi connectivity index (χ2v) is 8.07. The second-order valence-electron chi connectivity index (χ2n) is 8.07. The van der Waals surface area contributed by atoms with Crippen molar-refractivity contribution in [2.24, 2.45) is 5.92 Å². The molecule has 1 aliphatic rings. The van der Waals surface area contributed by atoms with E-state index in [2.05, 4.69) is 10.3 Å². The number of hydrogen-bond acceptors (Lipinski definition) is 8. The maximum atomic E-state index is 12.5.